The van der Waals surface area contributed by atoms with E-state index in [9.17, 15) is 0 Å². The van der Waals surface area contributed by atoms with E-state index in [1.807, 2.05) is 53.6 Å². The highest BCUT2D eigenvalue weighted by molar-refractivity contribution is 7.80. The average Bonchev–Trinajstić information content (AvgIpc) is 3.52. The summed E-state index contributed by atoms with van der Waals surface area (Å²) in [6, 6.07) is 19.8. The van der Waals surface area contributed by atoms with Crippen molar-refractivity contribution in [2.75, 3.05) is 4.90 Å². The minimum atomic E-state index is -0.253. The molecule has 1 unspecified atom stereocenters. The van der Waals surface area contributed by atoms with Crippen molar-refractivity contribution in [1.82, 2.24) is 15.5 Å². The topological polar surface area (TPSA) is 54.2 Å². The molecule has 0 amide bonds. The Morgan fingerprint density at radius 1 is 1.15 bits per heavy atom. The predicted octanol–water partition coefficient (Wildman–Crippen LogP) is 6.88. The molecule has 8 heteroatoms. The van der Waals surface area contributed by atoms with Gasteiger partial charge in [-0.15, -0.1) is 11.3 Å². The number of thiophene rings is 1. The Bertz CT molecular complexity index is 1330. The Morgan fingerprint density at radius 3 is 2.70 bits per heavy atom. The van der Waals surface area contributed by atoms with E-state index in [1.54, 1.807) is 11.3 Å². The van der Waals surface area contributed by atoms with Crippen molar-refractivity contribution in [3.05, 3.63) is 93.8 Å². The van der Waals surface area contributed by atoms with Crippen LogP contribution in [-0.4, -0.2) is 15.3 Å². The summed E-state index contributed by atoms with van der Waals surface area (Å²) in [6.45, 7) is 4.18. The Morgan fingerprint density at radius 2 is 1.97 bits per heavy atom. The normalized spacial score (nSPS) is 16.3. The summed E-state index contributed by atoms with van der Waals surface area (Å²) >= 11 is 13.6. The molecule has 5 nitrogen and oxygen atoms in total. The highest BCUT2D eigenvalue weighted by atomic mass is 35.5. The van der Waals surface area contributed by atoms with Crippen LogP contribution in [0.1, 0.15) is 36.9 Å². The van der Waals surface area contributed by atoms with Crippen LogP contribution >= 0.6 is 35.2 Å². The lowest BCUT2D eigenvalue weighted by molar-refractivity contribution is 0.404. The fourth-order valence-electron chi connectivity index (χ4n) is 3.99. The molecular formula is C25H21ClN4OS2. The van der Waals surface area contributed by atoms with Crippen molar-refractivity contribution >= 4 is 51.5 Å². The number of halogens is 1. The van der Waals surface area contributed by atoms with Gasteiger partial charge in [-0.3, -0.25) is 4.90 Å². The Balaban J connectivity index is 1.66. The molecule has 2 aromatic heterocycles. The molecule has 0 aliphatic carbocycles. The van der Waals surface area contributed by atoms with Crippen LogP contribution in [0.2, 0.25) is 5.02 Å². The van der Waals surface area contributed by atoms with Crippen LogP contribution in [0.3, 0.4) is 0 Å². The monoisotopic (exact) mass is 492 g/mol. The molecule has 1 aliphatic heterocycles. The van der Waals surface area contributed by atoms with Gasteiger partial charge in [-0.25, -0.2) is 0 Å². The number of rotatable bonds is 5. The lowest BCUT2D eigenvalue weighted by atomic mass is 9.94. The third-order valence-electron chi connectivity index (χ3n) is 5.66. The van der Waals surface area contributed by atoms with Gasteiger partial charge in [-0.1, -0.05) is 54.0 Å². The summed E-state index contributed by atoms with van der Waals surface area (Å²) in [5.74, 6) is 1.03. The molecule has 4 aromatic rings. The summed E-state index contributed by atoms with van der Waals surface area (Å²) in [5, 5.41) is 11.0. The van der Waals surface area contributed by atoms with E-state index >= 15 is 0 Å². The zero-order chi connectivity index (χ0) is 22.9. The minimum Gasteiger partial charge on any atom is -0.351 e. The third-order valence-corrected chi connectivity index (χ3v) is 7.08. The number of benzene rings is 2. The first-order chi connectivity index (χ1) is 16.0. The Labute approximate surface area is 206 Å². The van der Waals surface area contributed by atoms with Crippen molar-refractivity contribution in [2.45, 2.75) is 26.3 Å². The van der Waals surface area contributed by atoms with Crippen molar-refractivity contribution in [3.63, 3.8) is 0 Å². The van der Waals surface area contributed by atoms with E-state index in [0.717, 1.165) is 33.8 Å². The highest BCUT2D eigenvalue weighted by Crippen LogP contribution is 2.39. The molecule has 3 heterocycles. The van der Waals surface area contributed by atoms with Gasteiger partial charge in [0.15, 0.2) is 5.11 Å². The zero-order valence-corrected chi connectivity index (χ0v) is 20.5. The number of aromatic nitrogens is 2. The second kappa shape index (κ2) is 9.09. The number of thiocarbonyl (C=S) groups is 1. The zero-order valence-electron chi connectivity index (χ0n) is 18.1. The maximum atomic E-state index is 6.15. The van der Waals surface area contributed by atoms with E-state index in [-0.39, 0.29) is 6.04 Å². The molecule has 1 aliphatic rings. The van der Waals surface area contributed by atoms with Gasteiger partial charge in [0.1, 0.15) is 0 Å². The van der Waals surface area contributed by atoms with Crippen LogP contribution in [0, 0.1) is 0 Å². The summed E-state index contributed by atoms with van der Waals surface area (Å²) in [4.78, 5) is 7.74. The molecular weight excluding hydrogens is 472 g/mol. The highest BCUT2D eigenvalue weighted by Gasteiger charge is 2.34. The second-order valence-electron chi connectivity index (χ2n) is 7.69. The standard InChI is InChI=1S/C25H21ClN4OS2/c1-3-16-6-4-7-19(14-16)30-15(2)21(24-28-23(29-31-24)20-8-5-13-33-20)22(27-25(30)32)17-9-11-18(26)12-10-17/h4-14,22H,3H2,1-2H3,(H,27,32). The van der Waals surface area contributed by atoms with Crippen LogP contribution < -0.4 is 10.2 Å². The first-order valence-electron chi connectivity index (χ1n) is 10.6. The summed E-state index contributed by atoms with van der Waals surface area (Å²) in [6.07, 6.45) is 0.943. The molecule has 0 fully saturated rings. The maximum absolute atomic E-state index is 6.15. The van der Waals surface area contributed by atoms with Gasteiger partial charge < -0.3 is 9.84 Å². The molecule has 2 aromatic carbocycles. The number of aryl methyl sites for hydroxylation is 1. The molecule has 1 N–H and O–H groups in total. The molecule has 0 saturated carbocycles. The number of hydrogen-bond donors (Lipinski definition) is 1. The minimum absolute atomic E-state index is 0.253. The summed E-state index contributed by atoms with van der Waals surface area (Å²) in [5.41, 5.74) is 5.06. The van der Waals surface area contributed by atoms with Crippen LogP contribution in [-0.2, 0) is 6.42 Å². The molecule has 0 spiro atoms. The van der Waals surface area contributed by atoms with Crippen molar-refractivity contribution in [2.24, 2.45) is 0 Å². The molecule has 33 heavy (non-hydrogen) atoms. The quantitative estimate of drug-likeness (QED) is 0.306. The van der Waals surface area contributed by atoms with E-state index in [1.165, 1.54) is 5.56 Å². The van der Waals surface area contributed by atoms with Gasteiger partial charge in [0, 0.05) is 16.4 Å². The van der Waals surface area contributed by atoms with Crippen molar-refractivity contribution in [1.29, 1.82) is 0 Å². The number of anilines is 1. The van der Waals surface area contributed by atoms with Gasteiger partial charge >= 0.3 is 0 Å². The summed E-state index contributed by atoms with van der Waals surface area (Å²) in [7, 11) is 0. The smallest absolute Gasteiger partial charge is 0.258 e. The van der Waals surface area contributed by atoms with E-state index in [4.69, 9.17) is 33.3 Å². The fourth-order valence-corrected chi connectivity index (χ4v) is 5.13. The number of allylic oxidation sites excluding steroid dienone is 1. The largest absolute Gasteiger partial charge is 0.351 e. The lowest BCUT2D eigenvalue weighted by Crippen LogP contribution is -2.46. The van der Waals surface area contributed by atoms with Crippen LogP contribution in [0.5, 0.6) is 0 Å². The lowest BCUT2D eigenvalue weighted by Gasteiger charge is -2.37. The molecule has 166 valence electrons. The first-order valence-corrected chi connectivity index (χ1v) is 12.3. The Hall–Kier alpha value is -3.00. The van der Waals surface area contributed by atoms with Gasteiger partial charge in [-0.05, 0) is 72.4 Å². The predicted molar refractivity (Wildman–Crippen MR) is 138 cm³/mol. The maximum Gasteiger partial charge on any atom is 0.258 e. The number of hydrogen-bond acceptors (Lipinski definition) is 5. The van der Waals surface area contributed by atoms with E-state index in [2.05, 4.69) is 41.7 Å². The van der Waals surface area contributed by atoms with Crippen molar-refractivity contribution < 1.29 is 4.52 Å². The Kier molecular flexibility index (Phi) is 6.01. The van der Waals surface area contributed by atoms with Crippen molar-refractivity contribution in [3.8, 4) is 10.7 Å². The van der Waals surface area contributed by atoms with Gasteiger partial charge in [-0.2, -0.15) is 4.98 Å². The van der Waals surface area contributed by atoms with E-state index < -0.39 is 0 Å². The van der Waals surface area contributed by atoms with Crippen LogP contribution in [0.25, 0.3) is 16.3 Å². The number of nitrogens with zero attached hydrogens (tertiary/aromatic N) is 3. The first kappa shape index (κ1) is 21.8. The summed E-state index contributed by atoms with van der Waals surface area (Å²) < 4.78 is 5.79. The second-order valence-corrected chi connectivity index (χ2v) is 9.46. The fraction of sp³-hybridized carbons (Fsp3) is 0.160. The van der Waals surface area contributed by atoms with Gasteiger partial charge in [0.2, 0.25) is 5.82 Å². The molecule has 5 rings (SSSR count). The molecule has 1 atom stereocenters. The molecule has 0 bridgehead atoms. The third kappa shape index (κ3) is 4.19. The average molecular weight is 493 g/mol. The van der Waals surface area contributed by atoms with E-state index in [0.29, 0.717) is 21.9 Å². The van der Waals surface area contributed by atoms with Gasteiger partial charge in [0.25, 0.3) is 5.89 Å². The number of nitrogens with one attached hydrogen (secondary N) is 1. The van der Waals surface area contributed by atoms with Crippen LogP contribution in [0.4, 0.5) is 5.69 Å². The molecule has 0 radical (unpaired) electrons. The SMILES string of the molecule is CCc1cccc(N2C(=S)NC(c3ccc(Cl)cc3)C(c3nc(-c4cccs4)no3)=C2C)c1. The van der Waals surface area contributed by atoms with Crippen LogP contribution in [0.15, 0.2) is 76.3 Å². The molecule has 0 saturated heterocycles. The van der Waals surface area contributed by atoms with Gasteiger partial charge in [0.05, 0.1) is 16.5 Å².